The summed E-state index contributed by atoms with van der Waals surface area (Å²) in [6.07, 6.45) is 1.99. The van der Waals surface area contributed by atoms with Crippen LogP contribution in [0.25, 0.3) is 11.0 Å². The predicted octanol–water partition coefficient (Wildman–Crippen LogP) is 5.56. The average Bonchev–Trinajstić information content (AvgIpc) is 3.35. The summed E-state index contributed by atoms with van der Waals surface area (Å²) in [6, 6.07) is 17.2. The summed E-state index contributed by atoms with van der Waals surface area (Å²) in [5.74, 6) is 0.557. The van der Waals surface area contributed by atoms with Gasteiger partial charge in [-0.1, -0.05) is 63.2 Å². The van der Waals surface area contributed by atoms with E-state index in [0.29, 0.717) is 18.4 Å². The van der Waals surface area contributed by atoms with Crippen molar-refractivity contribution in [2.75, 3.05) is 13.7 Å². The van der Waals surface area contributed by atoms with Crippen molar-refractivity contribution < 1.29 is 22.7 Å². The van der Waals surface area contributed by atoms with Crippen LogP contribution in [-0.2, 0) is 30.7 Å². The molecule has 0 amide bonds. The Morgan fingerprint density at radius 3 is 2.39 bits per heavy atom. The third-order valence-electron chi connectivity index (χ3n) is 6.83. The van der Waals surface area contributed by atoms with Gasteiger partial charge in [0.05, 0.1) is 22.1 Å². The monoisotopic (exact) mass is 578 g/mol. The average molecular weight is 579 g/mol. The molecule has 0 fully saturated rings. The van der Waals surface area contributed by atoms with Crippen molar-refractivity contribution in [2.45, 2.75) is 64.1 Å². The molecule has 0 spiro atoms. The van der Waals surface area contributed by atoms with Gasteiger partial charge >= 0.3 is 5.97 Å². The number of nitrogens with zero attached hydrogens (tertiary/aromatic N) is 3. The summed E-state index contributed by atoms with van der Waals surface area (Å²) >= 11 is 0. The maximum Gasteiger partial charge on any atom is 0.305 e. The largest absolute Gasteiger partial charge is 0.464 e. The normalized spacial score (nSPS) is 13.5. The van der Waals surface area contributed by atoms with Crippen LogP contribution in [0.4, 0.5) is 0 Å². The Labute approximate surface area is 242 Å². The number of nitrogens with one attached hydrogen (secondary N) is 1. The molecule has 2 aromatic carbocycles. The molecule has 0 aliphatic heterocycles. The zero-order valence-corrected chi connectivity index (χ0v) is 25.0. The molecule has 9 nitrogen and oxygen atoms in total. The SMILES string of the molecule is CCC(=O)OC[C@H](CC(C)C)N(C(OC)c1ccccc1)S(=O)(=O)c1ccc(Cc2nccc3[nH]c(C)nc23)cc1. The van der Waals surface area contributed by atoms with Crippen LogP contribution in [0.2, 0.25) is 0 Å². The maximum absolute atomic E-state index is 14.4. The van der Waals surface area contributed by atoms with E-state index in [1.54, 1.807) is 37.4 Å². The number of benzene rings is 2. The highest BCUT2D eigenvalue weighted by Crippen LogP contribution is 2.33. The van der Waals surface area contributed by atoms with Gasteiger partial charge in [-0.25, -0.2) is 13.4 Å². The van der Waals surface area contributed by atoms with Crippen molar-refractivity contribution >= 4 is 27.0 Å². The maximum atomic E-state index is 14.4. The summed E-state index contributed by atoms with van der Waals surface area (Å²) < 4.78 is 41.4. The quantitative estimate of drug-likeness (QED) is 0.163. The molecule has 0 bridgehead atoms. The lowest BCUT2D eigenvalue weighted by Crippen LogP contribution is -2.46. The van der Waals surface area contributed by atoms with Crippen LogP contribution in [0.5, 0.6) is 0 Å². The second-order valence-electron chi connectivity index (χ2n) is 10.5. The fraction of sp³-hybridized carbons (Fsp3) is 0.387. The lowest BCUT2D eigenvalue weighted by Gasteiger charge is -2.37. The van der Waals surface area contributed by atoms with Gasteiger partial charge in [-0.3, -0.25) is 9.78 Å². The number of carbonyl (C=O) groups excluding carboxylic acids is 1. The molecule has 2 aromatic heterocycles. The van der Waals surface area contributed by atoms with E-state index in [2.05, 4.69) is 15.0 Å². The molecule has 0 aliphatic carbocycles. The second kappa shape index (κ2) is 13.4. The topological polar surface area (TPSA) is 114 Å². The van der Waals surface area contributed by atoms with Crippen molar-refractivity contribution in [3.05, 3.63) is 89.5 Å². The molecule has 4 aromatic rings. The van der Waals surface area contributed by atoms with Gasteiger partial charge in [0.2, 0.25) is 10.0 Å². The number of aryl methyl sites for hydroxylation is 1. The number of hydrogen-bond acceptors (Lipinski definition) is 7. The van der Waals surface area contributed by atoms with Gasteiger partial charge in [-0.05, 0) is 48.6 Å². The number of carbonyl (C=O) groups is 1. The number of hydrogen-bond donors (Lipinski definition) is 1. The number of aromatic nitrogens is 3. The smallest absolute Gasteiger partial charge is 0.305 e. The number of H-pyrrole nitrogens is 1. The van der Waals surface area contributed by atoms with Gasteiger partial charge in [-0.15, -0.1) is 0 Å². The van der Waals surface area contributed by atoms with E-state index in [1.165, 1.54) is 11.4 Å². The highest BCUT2D eigenvalue weighted by atomic mass is 32.2. The Balaban J connectivity index is 1.71. The van der Waals surface area contributed by atoms with Gasteiger partial charge in [0.25, 0.3) is 0 Å². The van der Waals surface area contributed by atoms with E-state index in [4.69, 9.17) is 9.47 Å². The van der Waals surface area contributed by atoms with Crippen LogP contribution in [0, 0.1) is 12.8 Å². The number of sulfonamides is 1. The van der Waals surface area contributed by atoms with Crippen molar-refractivity contribution in [3.8, 4) is 0 Å². The Hall–Kier alpha value is -3.60. The van der Waals surface area contributed by atoms with E-state index < -0.39 is 22.3 Å². The number of pyridine rings is 1. The van der Waals surface area contributed by atoms with Crippen molar-refractivity contribution in [1.29, 1.82) is 0 Å². The van der Waals surface area contributed by atoms with Gasteiger partial charge in [-0.2, -0.15) is 4.31 Å². The zero-order chi connectivity index (χ0) is 29.6. The third kappa shape index (κ3) is 7.19. The van der Waals surface area contributed by atoms with E-state index in [9.17, 15) is 13.2 Å². The van der Waals surface area contributed by atoms with Crippen molar-refractivity contribution in [1.82, 2.24) is 19.3 Å². The number of fused-ring (bicyclic) bond motifs is 1. The van der Waals surface area contributed by atoms with Crippen LogP contribution in [0.3, 0.4) is 0 Å². The number of rotatable bonds is 13. The first-order valence-corrected chi connectivity index (χ1v) is 15.2. The number of esters is 1. The Morgan fingerprint density at radius 2 is 1.76 bits per heavy atom. The lowest BCUT2D eigenvalue weighted by molar-refractivity contribution is -0.146. The fourth-order valence-electron chi connectivity index (χ4n) is 4.94. The lowest BCUT2D eigenvalue weighted by atomic mass is 10.0. The van der Waals surface area contributed by atoms with Crippen LogP contribution in [0.15, 0.2) is 71.8 Å². The molecular weight excluding hydrogens is 540 g/mol. The van der Waals surface area contributed by atoms with Gasteiger partial charge in [0.1, 0.15) is 24.2 Å². The number of methoxy groups -OCH3 is 1. The van der Waals surface area contributed by atoms with Crippen LogP contribution in [0.1, 0.15) is 62.5 Å². The van der Waals surface area contributed by atoms with Gasteiger partial charge in [0.15, 0.2) is 0 Å². The first-order chi connectivity index (χ1) is 19.6. The van der Waals surface area contributed by atoms with Crippen LogP contribution >= 0.6 is 0 Å². The highest BCUT2D eigenvalue weighted by Gasteiger charge is 2.39. The molecule has 10 heteroatoms. The summed E-state index contributed by atoms with van der Waals surface area (Å²) in [4.78, 5) is 24.5. The molecule has 41 heavy (non-hydrogen) atoms. The molecular formula is C31H38N4O5S. The number of ether oxygens (including phenoxy) is 2. The van der Waals surface area contributed by atoms with Gasteiger partial charge in [0, 0.05) is 26.1 Å². The summed E-state index contributed by atoms with van der Waals surface area (Å²) in [6.45, 7) is 7.55. The Morgan fingerprint density at radius 1 is 1.05 bits per heavy atom. The van der Waals surface area contributed by atoms with E-state index in [0.717, 1.165) is 28.1 Å². The number of aromatic amines is 1. The molecule has 0 saturated carbocycles. The molecule has 2 heterocycles. The standard InChI is InChI=1S/C31H38N4O5S/c1-6-29(36)40-20-25(18-21(2)3)35(31(39-5)24-10-8-7-9-11-24)41(37,38)26-14-12-23(13-15-26)19-28-30-27(16-17-32-28)33-22(4)34-30/h7-17,21,25,31H,6,18-20H2,1-5H3,(H,33,34)/t25-,31?/m0/s1. The molecule has 0 saturated heterocycles. The summed E-state index contributed by atoms with van der Waals surface area (Å²) in [5, 5.41) is 0. The first-order valence-electron chi connectivity index (χ1n) is 13.8. The molecule has 2 atom stereocenters. The molecule has 1 unspecified atom stereocenters. The number of imidazole rings is 1. The molecule has 4 rings (SSSR count). The van der Waals surface area contributed by atoms with E-state index >= 15 is 0 Å². The molecule has 218 valence electrons. The zero-order valence-electron chi connectivity index (χ0n) is 24.2. The van der Waals surface area contributed by atoms with Crippen LogP contribution < -0.4 is 0 Å². The van der Waals surface area contributed by atoms with Gasteiger partial charge < -0.3 is 14.5 Å². The van der Waals surface area contributed by atoms with E-state index in [1.807, 2.05) is 57.2 Å². The van der Waals surface area contributed by atoms with Crippen LogP contribution in [-0.4, -0.2) is 53.4 Å². The van der Waals surface area contributed by atoms with Crippen molar-refractivity contribution in [3.63, 3.8) is 0 Å². The fourth-order valence-corrected chi connectivity index (χ4v) is 6.66. The summed E-state index contributed by atoms with van der Waals surface area (Å²) in [5.41, 5.74) is 4.10. The minimum absolute atomic E-state index is 0.0758. The highest BCUT2D eigenvalue weighted by molar-refractivity contribution is 7.89. The second-order valence-corrected chi connectivity index (χ2v) is 12.3. The summed E-state index contributed by atoms with van der Waals surface area (Å²) in [7, 11) is -2.61. The molecule has 0 radical (unpaired) electrons. The Bertz CT molecular complexity index is 1550. The minimum atomic E-state index is -4.10. The molecule has 0 aliphatic rings. The first kappa shape index (κ1) is 30.4. The third-order valence-corrected chi connectivity index (χ3v) is 8.75. The van der Waals surface area contributed by atoms with Crippen molar-refractivity contribution in [2.24, 2.45) is 5.92 Å². The Kier molecular flexibility index (Phi) is 9.90. The predicted molar refractivity (Wildman–Crippen MR) is 158 cm³/mol. The molecule has 1 N–H and O–H groups in total. The minimum Gasteiger partial charge on any atom is -0.464 e. The van der Waals surface area contributed by atoms with E-state index in [-0.39, 0.29) is 29.8 Å².